The Labute approximate surface area is 210 Å². The lowest BCUT2D eigenvalue weighted by Crippen LogP contribution is -2.31. The fourth-order valence-corrected chi connectivity index (χ4v) is 4.72. The predicted octanol–water partition coefficient (Wildman–Crippen LogP) is 4.82. The van der Waals surface area contributed by atoms with Crippen molar-refractivity contribution in [2.75, 3.05) is 18.9 Å². The third-order valence-electron chi connectivity index (χ3n) is 7.21. The number of aromatic nitrogens is 4. The highest BCUT2D eigenvalue weighted by Gasteiger charge is 2.28. The fraction of sp³-hybridized carbons (Fsp3) is 0.321. The van der Waals surface area contributed by atoms with Crippen LogP contribution in [0.4, 0.5) is 5.82 Å². The summed E-state index contributed by atoms with van der Waals surface area (Å²) in [6, 6.07) is 11.9. The first-order chi connectivity index (χ1) is 17.4. The summed E-state index contributed by atoms with van der Waals surface area (Å²) < 4.78 is 5.69. The summed E-state index contributed by atoms with van der Waals surface area (Å²) in [6.07, 6.45) is 6.02. The third kappa shape index (κ3) is 4.28. The topological polar surface area (TPSA) is 102 Å². The summed E-state index contributed by atoms with van der Waals surface area (Å²) in [5.74, 6) is 0.620. The van der Waals surface area contributed by atoms with Crippen LogP contribution in [-0.2, 0) is 16.8 Å². The molecule has 0 unspecified atom stereocenters. The van der Waals surface area contributed by atoms with Crippen molar-refractivity contribution in [2.24, 2.45) is 0 Å². The van der Waals surface area contributed by atoms with E-state index in [2.05, 4.69) is 56.5 Å². The number of carbonyl (C=O) groups excluding carboxylic acids is 1. The van der Waals surface area contributed by atoms with Crippen molar-refractivity contribution in [3.05, 3.63) is 77.5 Å². The first-order valence-electron chi connectivity index (χ1n) is 12.2. The average molecular weight is 483 g/mol. The Bertz CT molecular complexity index is 1440. The number of para-hydroxylation sites is 1. The maximum absolute atomic E-state index is 12.4. The van der Waals surface area contributed by atoms with Crippen LogP contribution in [0, 0.1) is 0 Å². The van der Waals surface area contributed by atoms with Crippen LogP contribution in [0.15, 0.2) is 55.1 Å². The number of anilines is 1. The summed E-state index contributed by atoms with van der Waals surface area (Å²) in [5.41, 5.74) is 6.15. The number of ether oxygens (including phenoxy) is 1. The molecule has 1 aliphatic rings. The van der Waals surface area contributed by atoms with Crippen molar-refractivity contribution in [3.8, 4) is 11.3 Å². The molecule has 5 rings (SSSR count). The molecule has 0 aliphatic carbocycles. The summed E-state index contributed by atoms with van der Waals surface area (Å²) in [4.78, 5) is 30.6. The minimum absolute atomic E-state index is 0.0374. The van der Waals surface area contributed by atoms with E-state index in [-0.39, 0.29) is 17.4 Å². The normalized spacial score (nSPS) is 16.4. The van der Waals surface area contributed by atoms with Gasteiger partial charge in [0.2, 0.25) is 0 Å². The molecule has 8 nitrogen and oxygen atoms in total. The molecule has 0 saturated carbocycles. The molecule has 184 valence electrons. The molecule has 2 atom stereocenters. The number of pyridine rings is 2. The summed E-state index contributed by atoms with van der Waals surface area (Å²) in [7, 11) is 1.64. The van der Waals surface area contributed by atoms with Gasteiger partial charge >= 0.3 is 0 Å². The lowest BCUT2D eigenvalue weighted by molar-refractivity contribution is 0.0787. The van der Waals surface area contributed by atoms with Crippen molar-refractivity contribution >= 4 is 22.6 Å². The number of rotatable bonds is 7. The van der Waals surface area contributed by atoms with Crippen molar-refractivity contribution in [1.82, 2.24) is 25.3 Å². The maximum atomic E-state index is 12.4. The highest BCUT2D eigenvalue weighted by Crippen LogP contribution is 2.34. The second kappa shape index (κ2) is 9.62. The van der Waals surface area contributed by atoms with E-state index in [4.69, 9.17) is 4.74 Å². The van der Waals surface area contributed by atoms with Crippen LogP contribution in [0.25, 0.3) is 22.2 Å². The van der Waals surface area contributed by atoms with Crippen LogP contribution < -0.4 is 10.6 Å². The van der Waals surface area contributed by atoms with Gasteiger partial charge in [-0.2, -0.15) is 0 Å². The molecule has 1 aliphatic heterocycles. The lowest BCUT2D eigenvalue weighted by atomic mass is 9.78. The zero-order valence-corrected chi connectivity index (χ0v) is 21.0. The van der Waals surface area contributed by atoms with Gasteiger partial charge in [0.25, 0.3) is 5.91 Å². The Hall–Kier alpha value is -3.91. The standard InChI is InChI=1S/C28H30N6O2/c1-5-28(3,22-8-6-7-19-20(27(35)29-4)9-10-30-26(19)22)15-32-25-12-23(33-16-34-25)18-11-21-17(2)36-14-24(21)31-13-18/h6-13,16-17H,5,14-15H2,1-4H3,(H,29,35)(H,32,33,34)/t17-,28+/m1/s1. The lowest BCUT2D eigenvalue weighted by Gasteiger charge is -2.30. The van der Waals surface area contributed by atoms with Gasteiger partial charge in [-0.3, -0.25) is 14.8 Å². The highest BCUT2D eigenvalue weighted by atomic mass is 16.5. The number of carbonyl (C=O) groups is 1. The zero-order valence-electron chi connectivity index (χ0n) is 21.0. The van der Waals surface area contributed by atoms with E-state index >= 15 is 0 Å². The quantitative estimate of drug-likeness (QED) is 0.389. The van der Waals surface area contributed by atoms with Gasteiger partial charge in [-0.15, -0.1) is 0 Å². The number of nitrogens with one attached hydrogen (secondary N) is 2. The van der Waals surface area contributed by atoms with Crippen molar-refractivity contribution < 1.29 is 9.53 Å². The first-order valence-corrected chi connectivity index (χ1v) is 12.2. The minimum Gasteiger partial charge on any atom is -0.369 e. The molecule has 1 aromatic carbocycles. The highest BCUT2D eigenvalue weighted by molar-refractivity contribution is 6.06. The van der Waals surface area contributed by atoms with Crippen molar-refractivity contribution in [1.29, 1.82) is 0 Å². The Morgan fingerprint density at radius 1 is 1.17 bits per heavy atom. The van der Waals surface area contributed by atoms with Crippen LogP contribution in [0.5, 0.6) is 0 Å². The molecule has 3 aromatic heterocycles. The molecule has 36 heavy (non-hydrogen) atoms. The molecule has 0 fully saturated rings. The zero-order chi connectivity index (χ0) is 25.3. The molecule has 0 spiro atoms. The fourth-order valence-electron chi connectivity index (χ4n) is 4.72. The van der Waals surface area contributed by atoms with E-state index in [0.29, 0.717) is 18.7 Å². The molecule has 0 saturated heterocycles. The SMILES string of the molecule is CC[C@@](C)(CNc1cc(-c2cnc3c(c2)[C@@H](C)OC3)ncn1)c1cccc2c(C(=O)NC)ccnc12. The van der Waals surface area contributed by atoms with E-state index in [1.54, 1.807) is 25.6 Å². The number of hydrogen-bond donors (Lipinski definition) is 2. The molecule has 4 aromatic rings. The minimum atomic E-state index is -0.249. The van der Waals surface area contributed by atoms with E-state index < -0.39 is 0 Å². The van der Waals surface area contributed by atoms with Gasteiger partial charge in [-0.1, -0.05) is 32.0 Å². The molecular weight excluding hydrogens is 452 g/mol. The maximum Gasteiger partial charge on any atom is 0.251 e. The third-order valence-corrected chi connectivity index (χ3v) is 7.21. The van der Waals surface area contributed by atoms with E-state index in [9.17, 15) is 4.79 Å². The monoisotopic (exact) mass is 482 g/mol. The second-order valence-corrected chi connectivity index (χ2v) is 9.41. The van der Waals surface area contributed by atoms with Crippen molar-refractivity contribution in [3.63, 3.8) is 0 Å². The van der Waals surface area contributed by atoms with Gasteiger partial charge in [-0.05, 0) is 31.0 Å². The van der Waals surface area contributed by atoms with Crippen LogP contribution >= 0.6 is 0 Å². The second-order valence-electron chi connectivity index (χ2n) is 9.41. The van der Waals surface area contributed by atoms with E-state index in [0.717, 1.165) is 51.2 Å². The largest absolute Gasteiger partial charge is 0.369 e. The van der Waals surface area contributed by atoms with Crippen LogP contribution in [0.2, 0.25) is 0 Å². The average Bonchev–Trinajstić information content (AvgIpc) is 3.30. The molecule has 2 N–H and O–H groups in total. The van der Waals surface area contributed by atoms with Gasteiger partial charge in [0, 0.05) is 54.0 Å². The summed E-state index contributed by atoms with van der Waals surface area (Å²) >= 11 is 0. The Balaban J connectivity index is 1.43. The number of benzene rings is 1. The Kier molecular flexibility index (Phi) is 6.36. The van der Waals surface area contributed by atoms with Gasteiger partial charge in [0.1, 0.15) is 12.1 Å². The first kappa shape index (κ1) is 23.8. The van der Waals surface area contributed by atoms with Crippen LogP contribution in [0.1, 0.15) is 60.5 Å². The molecule has 8 heteroatoms. The smallest absolute Gasteiger partial charge is 0.251 e. The van der Waals surface area contributed by atoms with Gasteiger partial charge in [-0.25, -0.2) is 9.97 Å². The number of hydrogen-bond acceptors (Lipinski definition) is 7. The van der Waals surface area contributed by atoms with Crippen molar-refractivity contribution in [2.45, 2.75) is 45.3 Å². The number of fused-ring (bicyclic) bond motifs is 2. The Morgan fingerprint density at radius 3 is 2.83 bits per heavy atom. The molecule has 0 radical (unpaired) electrons. The van der Waals surface area contributed by atoms with Gasteiger partial charge in [0.15, 0.2) is 0 Å². The predicted molar refractivity (Wildman–Crippen MR) is 140 cm³/mol. The number of nitrogens with zero attached hydrogens (tertiary/aromatic N) is 4. The van der Waals surface area contributed by atoms with Crippen LogP contribution in [-0.4, -0.2) is 39.4 Å². The molecular formula is C28H30N6O2. The molecule has 4 heterocycles. The summed E-state index contributed by atoms with van der Waals surface area (Å²) in [6.45, 7) is 7.59. The Morgan fingerprint density at radius 2 is 2.03 bits per heavy atom. The number of amides is 1. The molecule has 1 amide bonds. The van der Waals surface area contributed by atoms with E-state index in [1.807, 2.05) is 31.3 Å². The van der Waals surface area contributed by atoms with Gasteiger partial charge in [0.05, 0.1) is 35.2 Å². The van der Waals surface area contributed by atoms with E-state index in [1.165, 1.54) is 0 Å². The summed E-state index contributed by atoms with van der Waals surface area (Å²) in [5, 5.41) is 7.09. The van der Waals surface area contributed by atoms with Gasteiger partial charge < -0.3 is 15.4 Å². The molecule has 0 bridgehead atoms. The van der Waals surface area contributed by atoms with Crippen LogP contribution in [0.3, 0.4) is 0 Å².